The Bertz CT molecular complexity index is 646. The van der Waals surface area contributed by atoms with Crippen molar-refractivity contribution < 1.29 is 4.79 Å². The zero-order chi connectivity index (χ0) is 15.4. The smallest absolute Gasteiger partial charge is 0.242 e. The monoisotopic (exact) mass is 346 g/mol. The summed E-state index contributed by atoms with van der Waals surface area (Å²) in [7, 11) is 0. The van der Waals surface area contributed by atoms with Crippen molar-refractivity contribution in [3.8, 4) is 0 Å². The van der Waals surface area contributed by atoms with Crippen LogP contribution in [0.5, 0.6) is 0 Å². The Kier molecular flexibility index (Phi) is 5.61. The van der Waals surface area contributed by atoms with Gasteiger partial charge in [-0.1, -0.05) is 36.5 Å². The fraction of sp³-hybridized carbons (Fsp3) is 0.462. The second-order valence-electron chi connectivity index (χ2n) is 4.69. The number of carbonyl (C=O) groups is 1. The number of fused-ring (bicyclic) bond motifs is 1. The molecule has 0 fully saturated rings. The van der Waals surface area contributed by atoms with Crippen LogP contribution >= 0.6 is 34.9 Å². The number of aromatic nitrogens is 2. The van der Waals surface area contributed by atoms with E-state index in [1.165, 1.54) is 0 Å². The normalized spacial score (nSPS) is 12.4. The molecule has 8 heteroatoms. The van der Waals surface area contributed by atoms with Gasteiger partial charge in [-0.05, 0) is 19.4 Å². The Labute approximate surface area is 137 Å². The largest absolute Gasteiger partial charge is 0.371 e. The van der Waals surface area contributed by atoms with Gasteiger partial charge in [-0.2, -0.15) is 8.75 Å². The van der Waals surface area contributed by atoms with Crippen molar-refractivity contribution in [1.82, 2.24) is 14.1 Å². The third-order valence-electron chi connectivity index (χ3n) is 3.03. The van der Waals surface area contributed by atoms with E-state index in [0.29, 0.717) is 33.3 Å². The first-order valence-electron chi connectivity index (χ1n) is 6.69. The highest BCUT2D eigenvalue weighted by Crippen LogP contribution is 2.35. The molecule has 0 aliphatic heterocycles. The number of benzene rings is 1. The minimum Gasteiger partial charge on any atom is -0.371 e. The fourth-order valence-corrected chi connectivity index (χ4v) is 3.00. The molecule has 2 rings (SSSR count). The van der Waals surface area contributed by atoms with Gasteiger partial charge in [0.05, 0.1) is 27.5 Å². The van der Waals surface area contributed by atoms with Gasteiger partial charge in [0.1, 0.15) is 17.1 Å². The predicted octanol–water partition coefficient (Wildman–Crippen LogP) is 3.71. The molecule has 1 aromatic carbocycles. The van der Waals surface area contributed by atoms with E-state index >= 15 is 0 Å². The number of rotatable bonds is 6. The molecule has 0 saturated heterocycles. The summed E-state index contributed by atoms with van der Waals surface area (Å²) >= 11 is 13.3. The van der Waals surface area contributed by atoms with Crippen molar-refractivity contribution in [2.75, 3.05) is 11.9 Å². The van der Waals surface area contributed by atoms with Gasteiger partial charge in [-0.3, -0.25) is 4.79 Å². The van der Waals surface area contributed by atoms with E-state index in [1.54, 1.807) is 13.0 Å². The van der Waals surface area contributed by atoms with Crippen LogP contribution in [0.3, 0.4) is 0 Å². The molecule has 1 aromatic heterocycles. The number of unbranched alkanes of at least 4 members (excludes halogenated alkanes) is 1. The standard InChI is InChI=1S/C13H16Cl2N4OS/c1-3-4-5-16-13(20)7(2)17-10-8(14)6-9(15)11-12(10)19-21-18-11/h6-7,17H,3-5H2,1-2H3,(H,16,20). The van der Waals surface area contributed by atoms with Crippen LogP contribution in [-0.2, 0) is 4.79 Å². The molecule has 0 radical (unpaired) electrons. The lowest BCUT2D eigenvalue weighted by molar-refractivity contribution is -0.121. The zero-order valence-corrected chi connectivity index (χ0v) is 14.1. The molecule has 0 aliphatic rings. The lowest BCUT2D eigenvalue weighted by Gasteiger charge is -2.16. The third kappa shape index (κ3) is 3.75. The molecule has 0 spiro atoms. The number of amides is 1. The summed E-state index contributed by atoms with van der Waals surface area (Å²) in [5, 5.41) is 6.84. The van der Waals surface area contributed by atoms with Crippen LogP contribution in [0.25, 0.3) is 11.0 Å². The summed E-state index contributed by atoms with van der Waals surface area (Å²) in [5.74, 6) is -0.0780. The Morgan fingerprint density at radius 2 is 2.05 bits per heavy atom. The Hall–Kier alpha value is -1.11. The molecule has 0 aliphatic carbocycles. The number of halogens is 2. The number of nitrogens with zero attached hydrogens (tertiary/aromatic N) is 2. The lowest BCUT2D eigenvalue weighted by atomic mass is 10.2. The van der Waals surface area contributed by atoms with Crippen molar-refractivity contribution in [2.24, 2.45) is 0 Å². The minimum absolute atomic E-state index is 0.0780. The van der Waals surface area contributed by atoms with E-state index in [-0.39, 0.29) is 5.91 Å². The molecular formula is C13H16Cl2N4OS. The lowest BCUT2D eigenvalue weighted by Crippen LogP contribution is -2.38. The van der Waals surface area contributed by atoms with Crippen molar-refractivity contribution in [1.29, 1.82) is 0 Å². The first-order chi connectivity index (χ1) is 10.0. The predicted molar refractivity (Wildman–Crippen MR) is 88.4 cm³/mol. The summed E-state index contributed by atoms with van der Waals surface area (Å²) in [5.41, 5.74) is 1.76. The summed E-state index contributed by atoms with van der Waals surface area (Å²) in [6, 6.07) is 1.18. The van der Waals surface area contributed by atoms with Gasteiger partial charge in [0.15, 0.2) is 0 Å². The zero-order valence-electron chi connectivity index (χ0n) is 11.7. The van der Waals surface area contributed by atoms with Gasteiger partial charge < -0.3 is 10.6 Å². The summed E-state index contributed by atoms with van der Waals surface area (Å²) in [6.45, 7) is 4.52. The summed E-state index contributed by atoms with van der Waals surface area (Å²) in [6.07, 6.45) is 2.00. The second-order valence-corrected chi connectivity index (χ2v) is 6.03. The first kappa shape index (κ1) is 16.3. The van der Waals surface area contributed by atoms with Crippen LogP contribution in [0, 0.1) is 0 Å². The van der Waals surface area contributed by atoms with E-state index in [1.807, 2.05) is 0 Å². The molecule has 5 nitrogen and oxygen atoms in total. The SMILES string of the molecule is CCCCNC(=O)C(C)Nc1c(Cl)cc(Cl)c2nsnc12. The average Bonchev–Trinajstić information content (AvgIpc) is 2.93. The number of hydrogen-bond acceptors (Lipinski definition) is 5. The molecule has 114 valence electrons. The number of hydrogen-bond donors (Lipinski definition) is 2. The number of carbonyl (C=O) groups excluding carboxylic acids is 1. The van der Waals surface area contributed by atoms with Crippen LogP contribution in [0.4, 0.5) is 5.69 Å². The van der Waals surface area contributed by atoms with Crippen LogP contribution in [-0.4, -0.2) is 27.2 Å². The van der Waals surface area contributed by atoms with E-state index in [9.17, 15) is 4.79 Å². The van der Waals surface area contributed by atoms with Crippen molar-refractivity contribution in [3.63, 3.8) is 0 Å². The summed E-state index contributed by atoms with van der Waals surface area (Å²) in [4.78, 5) is 12.0. The Morgan fingerprint density at radius 1 is 1.33 bits per heavy atom. The van der Waals surface area contributed by atoms with Crippen molar-refractivity contribution in [3.05, 3.63) is 16.1 Å². The molecule has 2 N–H and O–H groups in total. The quantitative estimate of drug-likeness (QED) is 0.782. The summed E-state index contributed by atoms with van der Waals surface area (Å²) < 4.78 is 8.33. The topological polar surface area (TPSA) is 66.9 Å². The van der Waals surface area contributed by atoms with E-state index in [2.05, 4.69) is 26.3 Å². The highest BCUT2D eigenvalue weighted by molar-refractivity contribution is 7.00. The van der Waals surface area contributed by atoms with Crippen LogP contribution in [0.2, 0.25) is 10.0 Å². The molecule has 1 heterocycles. The number of anilines is 1. The highest BCUT2D eigenvalue weighted by Gasteiger charge is 2.18. The Morgan fingerprint density at radius 3 is 2.76 bits per heavy atom. The maximum Gasteiger partial charge on any atom is 0.242 e. The molecule has 2 aromatic rings. The molecule has 1 amide bonds. The van der Waals surface area contributed by atoms with Gasteiger partial charge in [0.2, 0.25) is 5.91 Å². The van der Waals surface area contributed by atoms with E-state index in [0.717, 1.165) is 24.6 Å². The fourth-order valence-electron chi connectivity index (χ4n) is 1.84. The van der Waals surface area contributed by atoms with E-state index in [4.69, 9.17) is 23.2 Å². The molecule has 0 saturated carbocycles. The second kappa shape index (κ2) is 7.24. The van der Waals surface area contributed by atoms with Gasteiger partial charge in [0.25, 0.3) is 0 Å². The minimum atomic E-state index is -0.426. The van der Waals surface area contributed by atoms with Crippen LogP contribution < -0.4 is 10.6 Å². The molecule has 21 heavy (non-hydrogen) atoms. The third-order valence-corrected chi connectivity index (χ3v) is 4.14. The maximum atomic E-state index is 12.0. The molecule has 1 atom stereocenters. The van der Waals surface area contributed by atoms with Gasteiger partial charge in [-0.15, -0.1) is 0 Å². The van der Waals surface area contributed by atoms with Crippen molar-refractivity contribution in [2.45, 2.75) is 32.7 Å². The Balaban J connectivity index is 2.16. The number of nitrogens with one attached hydrogen (secondary N) is 2. The van der Waals surface area contributed by atoms with Crippen molar-refractivity contribution >= 4 is 57.6 Å². The van der Waals surface area contributed by atoms with Gasteiger partial charge in [-0.25, -0.2) is 0 Å². The first-order valence-corrected chi connectivity index (χ1v) is 8.17. The van der Waals surface area contributed by atoms with Gasteiger partial charge in [0, 0.05) is 6.54 Å². The molecule has 1 unspecified atom stereocenters. The van der Waals surface area contributed by atoms with E-state index < -0.39 is 6.04 Å². The van der Waals surface area contributed by atoms with Gasteiger partial charge >= 0.3 is 0 Å². The van der Waals surface area contributed by atoms with Crippen LogP contribution in [0.1, 0.15) is 26.7 Å². The maximum absolute atomic E-state index is 12.0. The highest BCUT2D eigenvalue weighted by atomic mass is 35.5. The van der Waals surface area contributed by atoms with Crippen LogP contribution in [0.15, 0.2) is 6.07 Å². The average molecular weight is 347 g/mol. The molecule has 0 bridgehead atoms. The molecular weight excluding hydrogens is 331 g/mol.